The molecule has 3 aliphatic rings. The van der Waals surface area contributed by atoms with E-state index in [0.29, 0.717) is 11.5 Å². The third-order valence-corrected chi connectivity index (χ3v) is 8.18. The van der Waals surface area contributed by atoms with E-state index in [2.05, 4.69) is 27.7 Å². The highest BCUT2D eigenvalue weighted by atomic mass is 14.7. The Morgan fingerprint density at radius 1 is 1.14 bits per heavy atom. The molecule has 0 radical (unpaired) electrons. The van der Waals surface area contributed by atoms with E-state index in [1.807, 2.05) is 0 Å². The van der Waals surface area contributed by atoms with Crippen LogP contribution < -0.4 is 5.73 Å². The molecule has 3 aliphatic carbocycles. The Labute approximate surface area is 138 Å². The maximum absolute atomic E-state index is 6.40. The van der Waals surface area contributed by atoms with Gasteiger partial charge < -0.3 is 5.73 Å². The van der Waals surface area contributed by atoms with Crippen LogP contribution >= 0.6 is 0 Å². The second kappa shape index (κ2) is 6.46. The number of fused-ring (bicyclic) bond motifs is 2. The predicted octanol–water partition coefficient (Wildman–Crippen LogP) is 5.63. The molecular weight excluding hydrogens is 266 g/mol. The molecule has 3 saturated carbocycles. The maximum Gasteiger partial charge on any atom is 0.00673 e. The van der Waals surface area contributed by atoms with Crippen LogP contribution in [0.4, 0.5) is 0 Å². The molecule has 0 aromatic rings. The van der Waals surface area contributed by atoms with Crippen LogP contribution in [0.5, 0.6) is 0 Å². The van der Waals surface area contributed by atoms with Crippen molar-refractivity contribution < 1.29 is 0 Å². The Kier molecular flexibility index (Phi) is 4.93. The van der Waals surface area contributed by atoms with Crippen molar-refractivity contribution in [1.29, 1.82) is 0 Å². The lowest BCUT2D eigenvalue weighted by molar-refractivity contribution is -0.0102. The van der Waals surface area contributed by atoms with Crippen molar-refractivity contribution in [2.75, 3.05) is 0 Å². The summed E-state index contributed by atoms with van der Waals surface area (Å²) in [6.45, 7) is 9.84. The first kappa shape index (κ1) is 16.8. The van der Waals surface area contributed by atoms with Gasteiger partial charge in [-0.05, 0) is 79.4 Å². The summed E-state index contributed by atoms with van der Waals surface area (Å²) in [7, 11) is 0. The van der Waals surface area contributed by atoms with E-state index < -0.39 is 0 Å². The third kappa shape index (κ3) is 2.87. The van der Waals surface area contributed by atoms with Gasteiger partial charge in [-0.2, -0.15) is 0 Å². The van der Waals surface area contributed by atoms with E-state index in [1.54, 1.807) is 0 Å². The molecule has 128 valence electrons. The highest BCUT2D eigenvalue weighted by Gasteiger charge is 2.53. The zero-order valence-electron chi connectivity index (χ0n) is 15.5. The number of rotatable bonds is 4. The molecule has 8 unspecified atom stereocenters. The van der Waals surface area contributed by atoms with Crippen molar-refractivity contribution >= 4 is 0 Å². The van der Waals surface area contributed by atoms with Crippen LogP contribution in [0.15, 0.2) is 0 Å². The highest BCUT2D eigenvalue weighted by Crippen LogP contribution is 2.62. The predicted molar refractivity (Wildman–Crippen MR) is 95.6 cm³/mol. The molecule has 3 fully saturated rings. The van der Waals surface area contributed by atoms with Crippen LogP contribution in [0, 0.1) is 40.9 Å². The summed E-state index contributed by atoms with van der Waals surface area (Å²) in [6.07, 6.45) is 13.0. The average molecular weight is 306 g/mol. The molecule has 3 rings (SSSR count). The minimum Gasteiger partial charge on any atom is -0.327 e. The Morgan fingerprint density at radius 2 is 1.91 bits per heavy atom. The normalized spacial score (nSPS) is 49.5. The Hall–Kier alpha value is -0.0400. The molecular formula is C21H39N. The maximum atomic E-state index is 6.40. The van der Waals surface area contributed by atoms with E-state index in [4.69, 9.17) is 5.73 Å². The molecule has 8 atom stereocenters. The largest absolute Gasteiger partial charge is 0.327 e. The van der Waals surface area contributed by atoms with Crippen LogP contribution in [-0.4, -0.2) is 6.04 Å². The molecule has 1 nitrogen and oxygen atoms in total. The van der Waals surface area contributed by atoms with Crippen molar-refractivity contribution in [3.63, 3.8) is 0 Å². The number of nitrogens with two attached hydrogens (primary N) is 1. The van der Waals surface area contributed by atoms with E-state index in [0.717, 1.165) is 35.5 Å². The van der Waals surface area contributed by atoms with E-state index in [1.165, 1.54) is 57.8 Å². The highest BCUT2D eigenvalue weighted by molar-refractivity contribution is 5.03. The minimum atomic E-state index is 0.474. The van der Waals surface area contributed by atoms with Gasteiger partial charge in [0.05, 0.1) is 0 Å². The quantitative estimate of drug-likeness (QED) is 0.716. The summed E-state index contributed by atoms with van der Waals surface area (Å²) in [6, 6.07) is 0.474. The van der Waals surface area contributed by atoms with Crippen LogP contribution in [0.2, 0.25) is 0 Å². The van der Waals surface area contributed by atoms with E-state index in [9.17, 15) is 0 Å². The number of hydrogen-bond acceptors (Lipinski definition) is 1. The summed E-state index contributed by atoms with van der Waals surface area (Å²) in [5, 5.41) is 0. The van der Waals surface area contributed by atoms with E-state index in [-0.39, 0.29) is 0 Å². The lowest BCUT2D eigenvalue weighted by Gasteiger charge is -2.51. The van der Waals surface area contributed by atoms with Gasteiger partial charge in [0.1, 0.15) is 0 Å². The van der Waals surface area contributed by atoms with Crippen LogP contribution in [0.1, 0.15) is 85.5 Å². The van der Waals surface area contributed by atoms with Gasteiger partial charge in [-0.3, -0.25) is 0 Å². The molecule has 22 heavy (non-hydrogen) atoms. The van der Waals surface area contributed by atoms with Gasteiger partial charge in [-0.1, -0.05) is 47.0 Å². The van der Waals surface area contributed by atoms with Gasteiger partial charge in [-0.15, -0.1) is 0 Å². The Bertz CT molecular complexity index is 378. The lowest BCUT2D eigenvalue weighted by Crippen LogP contribution is -2.47. The molecule has 0 aromatic carbocycles. The van der Waals surface area contributed by atoms with Crippen LogP contribution in [0.3, 0.4) is 0 Å². The van der Waals surface area contributed by atoms with Crippen molar-refractivity contribution in [1.82, 2.24) is 0 Å². The topological polar surface area (TPSA) is 26.0 Å². The molecule has 2 N–H and O–H groups in total. The average Bonchev–Trinajstić information content (AvgIpc) is 2.80. The summed E-state index contributed by atoms with van der Waals surface area (Å²) >= 11 is 0. The van der Waals surface area contributed by atoms with Crippen molar-refractivity contribution in [3.05, 3.63) is 0 Å². The monoisotopic (exact) mass is 305 g/mol. The van der Waals surface area contributed by atoms with Gasteiger partial charge in [-0.25, -0.2) is 0 Å². The van der Waals surface area contributed by atoms with Gasteiger partial charge in [0.25, 0.3) is 0 Å². The van der Waals surface area contributed by atoms with Gasteiger partial charge in [0, 0.05) is 6.04 Å². The summed E-state index contributed by atoms with van der Waals surface area (Å²) in [5.41, 5.74) is 7.05. The van der Waals surface area contributed by atoms with E-state index >= 15 is 0 Å². The first-order valence-electron chi connectivity index (χ1n) is 10.2. The Morgan fingerprint density at radius 3 is 2.59 bits per heavy atom. The zero-order chi connectivity index (χ0) is 15.9. The molecule has 0 heterocycles. The summed E-state index contributed by atoms with van der Waals surface area (Å²) in [5.74, 6) is 5.73. The molecule has 0 amide bonds. The molecule has 0 aromatic heterocycles. The van der Waals surface area contributed by atoms with Crippen LogP contribution in [0.25, 0.3) is 0 Å². The molecule has 0 saturated heterocycles. The smallest absolute Gasteiger partial charge is 0.00673 e. The SMILES string of the molecule is CCCC(CC)C1CCC2(C)CC3CC(N)C(C)CC3CC12. The molecule has 1 heteroatoms. The standard InChI is InChI=1S/C21H39N/c1-5-7-15(6-2)18-8-9-21(4)13-17-12-20(22)14(3)10-16(17)11-19(18)21/h14-20H,5-13,22H2,1-4H3. The van der Waals surface area contributed by atoms with Gasteiger partial charge in [0.2, 0.25) is 0 Å². The first-order chi connectivity index (χ1) is 10.5. The van der Waals surface area contributed by atoms with Gasteiger partial charge in [0.15, 0.2) is 0 Å². The van der Waals surface area contributed by atoms with Crippen molar-refractivity contribution in [2.24, 2.45) is 46.7 Å². The van der Waals surface area contributed by atoms with Crippen LogP contribution in [-0.2, 0) is 0 Å². The summed E-state index contributed by atoms with van der Waals surface area (Å²) in [4.78, 5) is 0. The fraction of sp³-hybridized carbons (Fsp3) is 1.00. The second-order valence-corrected chi connectivity index (χ2v) is 9.49. The molecule has 0 bridgehead atoms. The fourth-order valence-corrected chi connectivity index (χ4v) is 6.85. The third-order valence-electron chi connectivity index (χ3n) is 8.18. The molecule has 0 spiro atoms. The number of hydrogen-bond donors (Lipinski definition) is 1. The zero-order valence-corrected chi connectivity index (χ0v) is 15.5. The lowest BCUT2D eigenvalue weighted by atomic mass is 9.54. The van der Waals surface area contributed by atoms with Gasteiger partial charge >= 0.3 is 0 Å². The fourth-order valence-electron chi connectivity index (χ4n) is 6.85. The Balaban J connectivity index is 1.75. The summed E-state index contributed by atoms with van der Waals surface area (Å²) < 4.78 is 0. The first-order valence-corrected chi connectivity index (χ1v) is 10.2. The second-order valence-electron chi connectivity index (χ2n) is 9.49. The molecule has 0 aliphatic heterocycles. The van der Waals surface area contributed by atoms with Crippen molar-refractivity contribution in [2.45, 2.75) is 91.5 Å². The minimum absolute atomic E-state index is 0.474. The van der Waals surface area contributed by atoms with Crippen molar-refractivity contribution in [3.8, 4) is 0 Å².